The van der Waals surface area contributed by atoms with Crippen molar-refractivity contribution in [2.24, 2.45) is 29.6 Å². The molecule has 1 aliphatic heterocycles. The van der Waals surface area contributed by atoms with Crippen LogP contribution in [0.2, 0.25) is 5.02 Å². The summed E-state index contributed by atoms with van der Waals surface area (Å²) in [4.78, 5) is 12.8. The number of halogens is 1. The van der Waals surface area contributed by atoms with Crippen LogP contribution in [-0.2, 0) is 11.2 Å². The summed E-state index contributed by atoms with van der Waals surface area (Å²) in [6.07, 6.45) is 7.30. The zero-order chi connectivity index (χ0) is 17.7. The molecule has 140 valence electrons. The number of hydrogen-bond acceptors (Lipinski definition) is 3. The molecule has 1 aromatic carbocycles. The number of amides is 1. The molecular weight excluding hydrogens is 350 g/mol. The van der Waals surface area contributed by atoms with Crippen LogP contribution in [-0.4, -0.2) is 25.7 Å². The zero-order valence-corrected chi connectivity index (χ0v) is 15.8. The number of hydrogen-bond donors (Lipinski definition) is 1. The maximum Gasteiger partial charge on any atom is 0.223 e. The summed E-state index contributed by atoms with van der Waals surface area (Å²) in [5, 5.41) is 3.79. The second-order valence-electron chi connectivity index (χ2n) is 8.60. The molecular formula is C21H26ClNO3. The zero-order valence-electron chi connectivity index (χ0n) is 15.0. The lowest BCUT2D eigenvalue weighted by Crippen LogP contribution is -2.51. The number of benzene rings is 1. The van der Waals surface area contributed by atoms with Gasteiger partial charge in [-0.2, -0.15) is 0 Å². The third kappa shape index (κ3) is 2.96. The van der Waals surface area contributed by atoms with E-state index in [1.807, 2.05) is 12.1 Å². The van der Waals surface area contributed by atoms with E-state index in [4.69, 9.17) is 21.1 Å². The molecule has 0 unspecified atom stereocenters. The first kappa shape index (κ1) is 16.7. The summed E-state index contributed by atoms with van der Waals surface area (Å²) < 4.78 is 11.2. The molecule has 26 heavy (non-hydrogen) atoms. The molecule has 6 rings (SSSR count). The lowest BCUT2D eigenvalue weighted by molar-refractivity contribution is -0.138. The summed E-state index contributed by atoms with van der Waals surface area (Å²) in [5.41, 5.74) is 1.07. The van der Waals surface area contributed by atoms with Gasteiger partial charge < -0.3 is 14.8 Å². The van der Waals surface area contributed by atoms with Gasteiger partial charge in [-0.1, -0.05) is 11.6 Å². The van der Waals surface area contributed by atoms with E-state index >= 15 is 0 Å². The summed E-state index contributed by atoms with van der Waals surface area (Å²) >= 11 is 6.30. The minimum Gasteiger partial charge on any atom is -0.486 e. The smallest absolute Gasteiger partial charge is 0.223 e. The largest absolute Gasteiger partial charge is 0.486 e. The number of carbonyl (C=O) groups is 1. The van der Waals surface area contributed by atoms with Crippen LogP contribution in [0.5, 0.6) is 11.5 Å². The predicted molar refractivity (Wildman–Crippen MR) is 99.7 cm³/mol. The van der Waals surface area contributed by atoms with Crippen molar-refractivity contribution in [3.8, 4) is 11.5 Å². The highest BCUT2D eigenvalue weighted by Crippen LogP contribution is 2.56. The van der Waals surface area contributed by atoms with Gasteiger partial charge in [0.2, 0.25) is 5.91 Å². The molecule has 4 saturated carbocycles. The summed E-state index contributed by atoms with van der Waals surface area (Å²) in [7, 11) is 0. The Labute approximate surface area is 159 Å². The van der Waals surface area contributed by atoms with Gasteiger partial charge in [-0.05, 0) is 79.9 Å². The van der Waals surface area contributed by atoms with Gasteiger partial charge in [-0.25, -0.2) is 0 Å². The Bertz CT molecular complexity index is 691. The molecule has 5 aliphatic rings. The van der Waals surface area contributed by atoms with Crippen molar-refractivity contribution in [2.45, 2.75) is 38.5 Å². The van der Waals surface area contributed by atoms with Crippen molar-refractivity contribution < 1.29 is 14.3 Å². The van der Waals surface area contributed by atoms with Crippen LogP contribution >= 0.6 is 11.6 Å². The van der Waals surface area contributed by atoms with E-state index in [0.717, 1.165) is 23.8 Å². The fourth-order valence-corrected chi connectivity index (χ4v) is 6.40. The van der Waals surface area contributed by atoms with Crippen LogP contribution in [0.4, 0.5) is 0 Å². The topological polar surface area (TPSA) is 47.6 Å². The molecule has 1 heterocycles. The molecule has 4 aliphatic carbocycles. The molecule has 1 aromatic rings. The van der Waals surface area contributed by atoms with Crippen LogP contribution in [0.1, 0.15) is 37.7 Å². The van der Waals surface area contributed by atoms with Crippen molar-refractivity contribution in [1.29, 1.82) is 0 Å². The van der Waals surface area contributed by atoms with E-state index in [0.29, 0.717) is 48.1 Å². The maximum atomic E-state index is 12.8. The van der Waals surface area contributed by atoms with Crippen LogP contribution < -0.4 is 14.8 Å². The van der Waals surface area contributed by atoms with Gasteiger partial charge >= 0.3 is 0 Å². The quantitative estimate of drug-likeness (QED) is 0.869. The van der Waals surface area contributed by atoms with Gasteiger partial charge in [-0.3, -0.25) is 4.79 Å². The van der Waals surface area contributed by atoms with Gasteiger partial charge in [0.25, 0.3) is 0 Å². The Balaban J connectivity index is 1.19. The van der Waals surface area contributed by atoms with E-state index in [2.05, 4.69) is 5.32 Å². The van der Waals surface area contributed by atoms with Crippen molar-refractivity contribution >= 4 is 17.5 Å². The lowest BCUT2D eigenvalue weighted by Gasteiger charge is -2.53. The fourth-order valence-electron chi connectivity index (χ4n) is 6.11. The highest BCUT2D eigenvalue weighted by molar-refractivity contribution is 6.32. The monoisotopic (exact) mass is 375 g/mol. The first-order valence-electron chi connectivity index (χ1n) is 10.0. The Morgan fingerprint density at radius 3 is 2.46 bits per heavy atom. The average Bonchev–Trinajstić information content (AvgIpc) is 2.61. The summed E-state index contributed by atoms with van der Waals surface area (Å²) in [5.74, 6) is 4.97. The molecule has 0 spiro atoms. The molecule has 0 atom stereocenters. The second-order valence-corrected chi connectivity index (χ2v) is 9.01. The standard InChI is InChI=1S/C21H26ClNO3/c22-17-10-12(11-18-20(17)26-4-3-25-18)1-2-23-21(24)19-15-6-13-5-14(8-15)9-16(19)7-13/h10-11,13-16,19H,1-9H2,(H,23,24). The SMILES string of the molecule is O=C(NCCc1cc(Cl)c2c(c1)OCCO2)C1C2CC3CC(C2)CC1C3. The summed E-state index contributed by atoms with van der Waals surface area (Å²) in [6, 6.07) is 3.90. The second kappa shape index (κ2) is 6.63. The number of fused-ring (bicyclic) bond motifs is 1. The fraction of sp³-hybridized carbons (Fsp3) is 0.667. The van der Waals surface area contributed by atoms with E-state index in [9.17, 15) is 4.79 Å². The summed E-state index contributed by atoms with van der Waals surface area (Å²) in [6.45, 7) is 1.74. The molecule has 1 amide bonds. The minimum absolute atomic E-state index is 0.256. The molecule has 4 bridgehead atoms. The molecule has 0 aromatic heterocycles. The van der Waals surface area contributed by atoms with Crippen molar-refractivity contribution in [2.75, 3.05) is 19.8 Å². The van der Waals surface area contributed by atoms with Gasteiger partial charge in [-0.15, -0.1) is 0 Å². The van der Waals surface area contributed by atoms with Gasteiger partial charge in [0.15, 0.2) is 11.5 Å². The third-order valence-corrected chi connectivity index (χ3v) is 7.18. The average molecular weight is 376 g/mol. The van der Waals surface area contributed by atoms with Crippen LogP contribution in [0, 0.1) is 29.6 Å². The lowest BCUT2D eigenvalue weighted by atomic mass is 9.51. The van der Waals surface area contributed by atoms with Gasteiger partial charge in [0, 0.05) is 12.5 Å². The number of rotatable bonds is 4. The Kier molecular flexibility index (Phi) is 4.27. The number of nitrogens with one attached hydrogen (secondary N) is 1. The van der Waals surface area contributed by atoms with Crippen LogP contribution in [0.3, 0.4) is 0 Å². The molecule has 0 saturated heterocycles. The van der Waals surface area contributed by atoms with Gasteiger partial charge in [0.05, 0.1) is 5.02 Å². The first-order valence-corrected chi connectivity index (χ1v) is 10.4. The number of ether oxygens (including phenoxy) is 2. The Hall–Kier alpha value is -1.42. The first-order chi connectivity index (χ1) is 12.7. The molecule has 4 fully saturated rings. The maximum absolute atomic E-state index is 12.8. The van der Waals surface area contributed by atoms with E-state index in [-0.39, 0.29) is 11.8 Å². The molecule has 0 radical (unpaired) electrons. The molecule has 5 heteroatoms. The highest BCUT2D eigenvalue weighted by Gasteiger charge is 2.50. The predicted octanol–water partition coefficient (Wildman–Crippen LogP) is 3.84. The van der Waals surface area contributed by atoms with Crippen molar-refractivity contribution in [1.82, 2.24) is 5.32 Å². The van der Waals surface area contributed by atoms with E-state index in [1.165, 1.54) is 32.1 Å². The van der Waals surface area contributed by atoms with Crippen LogP contribution in [0.25, 0.3) is 0 Å². The van der Waals surface area contributed by atoms with E-state index < -0.39 is 0 Å². The molecule has 1 N–H and O–H groups in total. The van der Waals surface area contributed by atoms with Gasteiger partial charge in [0.1, 0.15) is 13.2 Å². The Morgan fingerprint density at radius 1 is 1.04 bits per heavy atom. The van der Waals surface area contributed by atoms with Crippen molar-refractivity contribution in [3.63, 3.8) is 0 Å². The Morgan fingerprint density at radius 2 is 1.73 bits per heavy atom. The highest BCUT2D eigenvalue weighted by atomic mass is 35.5. The van der Waals surface area contributed by atoms with Crippen molar-refractivity contribution in [3.05, 3.63) is 22.7 Å². The normalized spacial score (nSPS) is 34.0. The minimum atomic E-state index is 0.256. The van der Waals surface area contributed by atoms with Crippen LogP contribution in [0.15, 0.2) is 12.1 Å². The van der Waals surface area contributed by atoms with E-state index in [1.54, 1.807) is 0 Å². The third-order valence-electron chi connectivity index (χ3n) is 6.90. The number of carbonyl (C=O) groups excluding carboxylic acids is 1. The molecule has 4 nitrogen and oxygen atoms in total.